The van der Waals surface area contributed by atoms with E-state index in [-0.39, 0.29) is 4.21 Å². The molecule has 0 saturated carbocycles. The third-order valence-corrected chi connectivity index (χ3v) is 6.27. The smallest absolute Gasteiger partial charge is 0.206 e. The van der Waals surface area contributed by atoms with Crippen LogP contribution >= 0.6 is 11.3 Å². The molecule has 0 aliphatic carbocycles. The molecule has 0 spiro atoms. The number of nitriles is 1. The summed E-state index contributed by atoms with van der Waals surface area (Å²) in [6.45, 7) is 2.27. The van der Waals surface area contributed by atoms with Crippen LogP contribution < -0.4 is 0 Å². The number of rotatable bonds is 4. The van der Waals surface area contributed by atoms with Gasteiger partial charge in [0, 0.05) is 13.6 Å². The van der Waals surface area contributed by atoms with Gasteiger partial charge in [-0.1, -0.05) is 24.3 Å². The molecule has 0 radical (unpaired) electrons. The van der Waals surface area contributed by atoms with Crippen molar-refractivity contribution in [2.75, 3.05) is 7.05 Å². The molecule has 2 aromatic rings. The lowest BCUT2D eigenvalue weighted by molar-refractivity contribution is 0.467. The van der Waals surface area contributed by atoms with E-state index in [0.29, 0.717) is 11.4 Å². The van der Waals surface area contributed by atoms with E-state index in [1.807, 2.05) is 37.3 Å². The van der Waals surface area contributed by atoms with E-state index in [1.165, 1.54) is 16.4 Å². The summed E-state index contributed by atoms with van der Waals surface area (Å²) in [5.41, 5.74) is 2.02. The molecule has 2 rings (SSSR count). The summed E-state index contributed by atoms with van der Waals surface area (Å²) in [4.78, 5) is 0.396. The van der Waals surface area contributed by atoms with Crippen molar-refractivity contribution < 1.29 is 8.42 Å². The molecule has 0 bridgehead atoms. The molecule has 6 heteroatoms. The Balaban J connectivity index is 2.26. The monoisotopic (exact) mass is 306 g/mol. The van der Waals surface area contributed by atoms with E-state index in [0.717, 1.165) is 22.5 Å². The van der Waals surface area contributed by atoms with Crippen LogP contribution in [0.4, 0.5) is 0 Å². The van der Waals surface area contributed by atoms with Crippen LogP contribution in [-0.4, -0.2) is 19.8 Å². The van der Waals surface area contributed by atoms with Gasteiger partial charge in [0.05, 0.1) is 0 Å². The number of nitrogens with zero attached hydrogens (tertiary/aromatic N) is 2. The third kappa shape index (κ3) is 2.90. The molecule has 0 amide bonds. The Morgan fingerprint density at radius 1 is 1.25 bits per heavy atom. The average molecular weight is 306 g/mol. The van der Waals surface area contributed by atoms with Crippen LogP contribution in [0.3, 0.4) is 0 Å². The number of benzene rings is 1. The Morgan fingerprint density at radius 2 is 1.95 bits per heavy atom. The van der Waals surface area contributed by atoms with Crippen molar-refractivity contribution in [1.82, 2.24) is 4.31 Å². The largest absolute Gasteiger partial charge is 0.252 e. The number of aryl methyl sites for hydroxylation is 1. The molecule has 104 valence electrons. The lowest BCUT2D eigenvalue weighted by Gasteiger charge is -2.17. The summed E-state index contributed by atoms with van der Waals surface area (Å²) in [7, 11) is -1.99. The number of sulfonamides is 1. The lowest BCUT2D eigenvalue weighted by Crippen LogP contribution is -2.26. The molecule has 0 saturated heterocycles. The summed E-state index contributed by atoms with van der Waals surface area (Å²) in [6.07, 6.45) is 0. The van der Waals surface area contributed by atoms with Gasteiger partial charge in [0.15, 0.2) is 0 Å². The molecule has 0 aliphatic rings. The molecule has 0 aliphatic heterocycles. The molecule has 4 nitrogen and oxygen atoms in total. The summed E-state index contributed by atoms with van der Waals surface area (Å²) in [5, 5.41) is 8.78. The Labute approximate surface area is 123 Å². The van der Waals surface area contributed by atoms with Crippen molar-refractivity contribution in [3.63, 3.8) is 0 Å². The van der Waals surface area contributed by atoms with Gasteiger partial charge in [0.2, 0.25) is 0 Å². The first-order valence-corrected chi connectivity index (χ1v) is 8.21. The van der Waals surface area contributed by atoms with Crippen LogP contribution in [0.1, 0.15) is 16.0 Å². The first-order chi connectivity index (χ1) is 9.45. The van der Waals surface area contributed by atoms with Crippen molar-refractivity contribution in [1.29, 1.82) is 5.26 Å². The highest BCUT2D eigenvalue weighted by atomic mass is 32.2. The second-order valence-corrected chi connectivity index (χ2v) is 7.77. The molecule has 1 aromatic heterocycles. The minimum Gasteiger partial charge on any atom is -0.206 e. The summed E-state index contributed by atoms with van der Waals surface area (Å²) < 4.78 is 26.3. The van der Waals surface area contributed by atoms with Gasteiger partial charge in [-0.05, 0) is 30.2 Å². The van der Waals surface area contributed by atoms with Gasteiger partial charge >= 0.3 is 0 Å². The lowest BCUT2D eigenvalue weighted by atomic mass is 10.1. The topological polar surface area (TPSA) is 61.2 Å². The van der Waals surface area contributed by atoms with E-state index >= 15 is 0 Å². The van der Waals surface area contributed by atoms with Crippen molar-refractivity contribution in [2.24, 2.45) is 0 Å². The molecular weight excluding hydrogens is 292 g/mol. The normalized spacial score (nSPS) is 11.5. The van der Waals surface area contributed by atoms with E-state index in [4.69, 9.17) is 5.26 Å². The average Bonchev–Trinajstić information content (AvgIpc) is 2.90. The zero-order valence-electron chi connectivity index (χ0n) is 11.2. The summed E-state index contributed by atoms with van der Waals surface area (Å²) >= 11 is 0.992. The van der Waals surface area contributed by atoms with Crippen LogP contribution in [-0.2, 0) is 16.6 Å². The maximum Gasteiger partial charge on any atom is 0.252 e. The van der Waals surface area contributed by atoms with Gasteiger partial charge < -0.3 is 0 Å². The quantitative estimate of drug-likeness (QED) is 0.872. The van der Waals surface area contributed by atoms with Gasteiger partial charge in [-0.2, -0.15) is 9.57 Å². The number of hydrogen-bond donors (Lipinski definition) is 0. The molecule has 1 aromatic carbocycles. The summed E-state index contributed by atoms with van der Waals surface area (Å²) in [6, 6.07) is 12.6. The Hall–Kier alpha value is -1.68. The predicted octanol–water partition coefficient (Wildman–Crippen LogP) is 2.75. The maximum atomic E-state index is 12.4. The fourth-order valence-corrected chi connectivity index (χ4v) is 4.25. The highest BCUT2D eigenvalue weighted by Crippen LogP contribution is 2.25. The van der Waals surface area contributed by atoms with Crippen molar-refractivity contribution in [2.45, 2.75) is 17.7 Å². The van der Waals surface area contributed by atoms with Gasteiger partial charge in [-0.25, -0.2) is 8.42 Å². The van der Waals surface area contributed by atoms with E-state index < -0.39 is 10.0 Å². The van der Waals surface area contributed by atoms with Gasteiger partial charge in [0.1, 0.15) is 15.2 Å². The van der Waals surface area contributed by atoms with Crippen LogP contribution in [0.5, 0.6) is 0 Å². The van der Waals surface area contributed by atoms with Crippen LogP contribution in [0, 0.1) is 18.3 Å². The Morgan fingerprint density at radius 3 is 2.55 bits per heavy atom. The molecule has 1 heterocycles. The van der Waals surface area contributed by atoms with Crippen molar-refractivity contribution in [3.05, 3.63) is 52.4 Å². The van der Waals surface area contributed by atoms with Crippen LogP contribution in [0.15, 0.2) is 40.6 Å². The third-order valence-electron chi connectivity index (χ3n) is 3.01. The van der Waals surface area contributed by atoms with Gasteiger partial charge in [-0.3, -0.25) is 0 Å². The zero-order chi connectivity index (χ0) is 14.8. The van der Waals surface area contributed by atoms with Gasteiger partial charge in [-0.15, -0.1) is 11.3 Å². The highest BCUT2D eigenvalue weighted by Gasteiger charge is 2.23. The van der Waals surface area contributed by atoms with E-state index in [9.17, 15) is 8.42 Å². The molecule has 0 fully saturated rings. The number of hydrogen-bond acceptors (Lipinski definition) is 4. The zero-order valence-corrected chi connectivity index (χ0v) is 12.8. The van der Waals surface area contributed by atoms with Crippen LogP contribution in [0.2, 0.25) is 0 Å². The first-order valence-electron chi connectivity index (χ1n) is 5.96. The van der Waals surface area contributed by atoms with Crippen molar-refractivity contribution in [3.8, 4) is 6.07 Å². The number of thiophene rings is 1. The Bertz CT molecular complexity index is 757. The first kappa shape index (κ1) is 14.7. The Kier molecular flexibility index (Phi) is 4.23. The summed E-state index contributed by atoms with van der Waals surface area (Å²) in [5.74, 6) is 0. The predicted molar refractivity (Wildman–Crippen MR) is 78.9 cm³/mol. The highest BCUT2D eigenvalue weighted by molar-refractivity contribution is 7.91. The fourth-order valence-electron chi connectivity index (χ4n) is 1.78. The second-order valence-electron chi connectivity index (χ2n) is 4.42. The fraction of sp³-hybridized carbons (Fsp3) is 0.214. The minimum absolute atomic E-state index is 0.199. The van der Waals surface area contributed by atoms with E-state index in [1.54, 1.807) is 7.05 Å². The van der Waals surface area contributed by atoms with Crippen LogP contribution in [0.25, 0.3) is 0 Å². The molecule has 0 atom stereocenters. The maximum absolute atomic E-state index is 12.4. The SMILES string of the molecule is Cc1ccccc1CN(C)S(=O)(=O)c1ccc(C#N)s1. The minimum atomic E-state index is -3.54. The van der Waals surface area contributed by atoms with E-state index in [2.05, 4.69) is 0 Å². The van der Waals surface area contributed by atoms with Gasteiger partial charge in [0.25, 0.3) is 10.0 Å². The molecule has 0 N–H and O–H groups in total. The van der Waals surface area contributed by atoms with Crippen molar-refractivity contribution >= 4 is 21.4 Å². The standard InChI is InChI=1S/C14H14N2O2S2/c1-11-5-3-4-6-12(11)10-16(2)20(17,18)14-8-7-13(9-15)19-14/h3-8H,10H2,1-2H3. The molecule has 0 unspecified atom stereocenters. The molecule has 20 heavy (non-hydrogen) atoms. The molecular formula is C14H14N2O2S2. The second kappa shape index (κ2) is 5.75.